The zero-order chi connectivity index (χ0) is 13.8. The molecule has 2 unspecified atom stereocenters. The molecule has 2 heterocycles. The molecule has 0 amide bonds. The molecule has 20 heavy (non-hydrogen) atoms. The number of hydrogen-bond acceptors (Lipinski definition) is 3. The van der Waals surface area contributed by atoms with Crippen LogP contribution in [0.1, 0.15) is 31.7 Å². The predicted octanol–water partition coefficient (Wildman–Crippen LogP) is 2.66. The van der Waals surface area contributed by atoms with Gasteiger partial charge in [0.25, 0.3) is 0 Å². The molecule has 1 N–H and O–H groups in total. The molecule has 1 aromatic rings. The Bertz CT molecular complexity index is 421. The van der Waals surface area contributed by atoms with Crippen molar-refractivity contribution in [2.45, 2.75) is 38.8 Å². The molecular formula is C17H26N2O. The van der Waals surface area contributed by atoms with Crippen molar-refractivity contribution in [1.29, 1.82) is 0 Å². The second-order valence-corrected chi connectivity index (χ2v) is 6.15. The minimum atomic E-state index is 0.725. The van der Waals surface area contributed by atoms with Gasteiger partial charge in [-0.3, -0.25) is 4.90 Å². The number of hydrogen-bond donors (Lipinski definition) is 1. The highest BCUT2D eigenvalue weighted by Gasteiger charge is 2.33. The van der Waals surface area contributed by atoms with Crippen LogP contribution in [0.2, 0.25) is 0 Å². The van der Waals surface area contributed by atoms with E-state index in [4.69, 9.17) is 4.74 Å². The molecule has 0 aliphatic carbocycles. The molecule has 0 radical (unpaired) electrons. The Morgan fingerprint density at radius 2 is 2.30 bits per heavy atom. The highest BCUT2D eigenvalue weighted by atomic mass is 16.5. The maximum absolute atomic E-state index is 5.72. The first-order chi connectivity index (χ1) is 9.85. The second kappa shape index (κ2) is 6.59. The lowest BCUT2D eigenvalue weighted by Gasteiger charge is -2.24. The van der Waals surface area contributed by atoms with Crippen molar-refractivity contribution < 1.29 is 4.74 Å². The van der Waals surface area contributed by atoms with Gasteiger partial charge in [0.05, 0.1) is 6.61 Å². The number of fused-ring (bicyclic) bond motifs is 1. The number of ether oxygens (including phenoxy) is 1. The van der Waals surface area contributed by atoms with E-state index < -0.39 is 0 Å². The topological polar surface area (TPSA) is 24.5 Å². The molecular weight excluding hydrogens is 248 g/mol. The molecule has 3 nitrogen and oxygen atoms in total. The lowest BCUT2D eigenvalue weighted by molar-refractivity contribution is 0.306. The Morgan fingerprint density at radius 3 is 3.15 bits per heavy atom. The summed E-state index contributed by atoms with van der Waals surface area (Å²) in [4.78, 5) is 2.59. The molecule has 0 aromatic heterocycles. The summed E-state index contributed by atoms with van der Waals surface area (Å²) < 4.78 is 5.72. The summed E-state index contributed by atoms with van der Waals surface area (Å²) in [6, 6.07) is 9.31. The molecule has 2 atom stereocenters. The molecule has 0 bridgehead atoms. The summed E-state index contributed by atoms with van der Waals surface area (Å²) in [5, 5.41) is 3.67. The molecule has 2 saturated heterocycles. The highest BCUT2D eigenvalue weighted by molar-refractivity contribution is 5.28. The minimum absolute atomic E-state index is 0.725. The number of benzene rings is 1. The van der Waals surface area contributed by atoms with E-state index in [0.717, 1.165) is 37.3 Å². The molecule has 3 heteroatoms. The number of nitrogens with zero attached hydrogens (tertiary/aromatic N) is 1. The Kier molecular flexibility index (Phi) is 4.58. The van der Waals surface area contributed by atoms with Gasteiger partial charge in [-0.05, 0) is 49.4 Å². The van der Waals surface area contributed by atoms with Crippen LogP contribution in [0.4, 0.5) is 0 Å². The average Bonchev–Trinajstić information content (AvgIpc) is 2.87. The summed E-state index contributed by atoms with van der Waals surface area (Å²) in [5.74, 6) is 1.88. The average molecular weight is 274 g/mol. The van der Waals surface area contributed by atoms with E-state index >= 15 is 0 Å². The zero-order valence-corrected chi connectivity index (χ0v) is 12.5. The normalized spacial score (nSPS) is 26.4. The number of likely N-dealkylation sites (tertiary alicyclic amines) is 1. The molecule has 0 saturated carbocycles. The number of nitrogens with one attached hydrogen (secondary N) is 1. The first kappa shape index (κ1) is 13.9. The largest absolute Gasteiger partial charge is 0.494 e. The van der Waals surface area contributed by atoms with Crippen LogP contribution in [0.3, 0.4) is 0 Å². The van der Waals surface area contributed by atoms with Gasteiger partial charge in [0.1, 0.15) is 5.75 Å². The quantitative estimate of drug-likeness (QED) is 0.893. The molecule has 2 aliphatic heterocycles. The zero-order valence-electron chi connectivity index (χ0n) is 12.5. The molecule has 0 spiro atoms. The molecule has 1 aromatic carbocycles. The number of piperidine rings is 1. The van der Waals surface area contributed by atoms with Gasteiger partial charge in [-0.1, -0.05) is 19.1 Å². The lowest BCUT2D eigenvalue weighted by atomic mass is 9.94. The minimum Gasteiger partial charge on any atom is -0.494 e. The van der Waals surface area contributed by atoms with Gasteiger partial charge in [-0.25, -0.2) is 0 Å². The van der Waals surface area contributed by atoms with Crippen molar-refractivity contribution in [3.8, 4) is 5.75 Å². The van der Waals surface area contributed by atoms with E-state index in [2.05, 4.69) is 41.4 Å². The van der Waals surface area contributed by atoms with Crippen molar-refractivity contribution in [3.05, 3.63) is 29.8 Å². The Labute approximate surface area is 122 Å². The highest BCUT2D eigenvalue weighted by Crippen LogP contribution is 2.26. The van der Waals surface area contributed by atoms with Crippen LogP contribution >= 0.6 is 0 Å². The fraction of sp³-hybridized carbons (Fsp3) is 0.647. The molecule has 2 fully saturated rings. The number of rotatable bonds is 5. The van der Waals surface area contributed by atoms with Crippen LogP contribution in [0.25, 0.3) is 0 Å². The van der Waals surface area contributed by atoms with Crippen molar-refractivity contribution in [3.63, 3.8) is 0 Å². The van der Waals surface area contributed by atoms with Gasteiger partial charge >= 0.3 is 0 Å². The van der Waals surface area contributed by atoms with Crippen LogP contribution < -0.4 is 10.1 Å². The van der Waals surface area contributed by atoms with E-state index in [1.54, 1.807) is 0 Å². The van der Waals surface area contributed by atoms with Crippen LogP contribution in [0.15, 0.2) is 24.3 Å². The van der Waals surface area contributed by atoms with Gasteiger partial charge in [0.2, 0.25) is 0 Å². The van der Waals surface area contributed by atoms with Gasteiger partial charge in [0.15, 0.2) is 0 Å². The maximum Gasteiger partial charge on any atom is 0.119 e. The second-order valence-electron chi connectivity index (χ2n) is 6.15. The van der Waals surface area contributed by atoms with Crippen LogP contribution in [0, 0.1) is 5.92 Å². The van der Waals surface area contributed by atoms with Gasteiger partial charge in [-0.2, -0.15) is 0 Å². The third-order valence-corrected chi connectivity index (χ3v) is 4.45. The smallest absolute Gasteiger partial charge is 0.119 e. The Morgan fingerprint density at radius 1 is 1.35 bits per heavy atom. The van der Waals surface area contributed by atoms with E-state index in [1.165, 1.54) is 38.0 Å². The Hall–Kier alpha value is -1.06. The summed E-state index contributed by atoms with van der Waals surface area (Å²) in [5.41, 5.74) is 1.37. The molecule has 110 valence electrons. The SMILES string of the molecule is CCCOc1cccc(CN2CC3CCCNC3C2)c1. The van der Waals surface area contributed by atoms with Crippen LogP contribution in [0.5, 0.6) is 5.75 Å². The van der Waals surface area contributed by atoms with E-state index in [9.17, 15) is 0 Å². The van der Waals surface area contributed by atoms with Gasteiger partial charge in [0, 0.05) is 25.7 Å². The van der Waals surface area contributed by atoms with Crippen LogP contribution in [-0.2, 0) is 6.54 Å². The van der Waals surface area contributed by atoms with Crippen molar-refractivity contribution in [2.75, 3.05) is 26.2 Å². The fourth-order valence-corrected chi connectivity index (χ4v) is 3.48. The van der Waals surface area contributed by atoms with E-state index in [1.807, 2.05) is 0 Å². The van der Waals surface area contributed by atoms with Crippen molar-refractivity contribution in [1.82, 2.24) is 10.2 Å². The summed E-state index contributed by atoms with van der Waals surface area (Å²) in [6.07, 6.45) is 3.80. The maximum atomic E-state index is 5.72. The third kappa shape index (κ3) is 3.33. The summed E-state index contributed by atoms with van der Waals surface area (Å²) >= 11 is 0. The third-order valence-electron chi connectivity index (χ3n) is 4.45. The lowest BCUT2D eigenvalue weighted by Crippen LogP contribution is -2.40. The standard InChI is InChI=1S/C17H26N2O/c1-2-9-20-16-7-3-5-14(10-16)11-19-12-15-6-4-8-18-17(15)13-19/h3,5,7,10,15,17-18H,2,4,6,8-9,11-13H2,1H3. The monoisotopic (exact) mass is 274 g/mol. The van der Waals surface area contributed by atoms with Gasteiger partial charge < -0.3 is 10.1 Å². The summed E-state index contributed by atoms with van der Waals surface area (Å²) in [6.45, 7) is 7.65. The van der Waals surface area contributed by atoms with E-state index in [-0.39, 0.29) is 0 Å². The Balaban J connectivity index is 1.57. The van der Waals surface area contributed by atoms with Crippen LogP contribution in [-0.4, -0.2) is 37.2 Å². The first-order valence-electron chi connectivity index (χ1n) is 8.02. The molecule has 3 rings (SSSR count). The predicted molar refractivity (Wildman–Crippen MR) is 82.0 cm³/mol. The summed E-state index contributed by atoms with van der Waals surface area (Å²) in [7, 11) is 0. The van der Waals surface area contributed by atoms with Crippen molar-refractivity contribution >= 4 is 0 Å². The fourth-order valence-electron chi connectivity index (χ4n) is 3.48. The van der Waals surface area contributed by atoms with Gasteiger partial charge in [-0.15, -0.1) is 0 Å². The van der Waals surface area contributed by atoms with Crippen molar-refractivity contribution in [2.24, 2.45) is 5.92 Å². The first-order valence-corrected chi connectivity index (χ1v) is 8.02. The molecule has 2 aliphatic rings. The van der Waals surface area contributed by atoms with E-state index in [0.29, 0.717) is 0 Å².